The molecule has 162 valence electrons. The Labute approximate surface area is 205 Å². The molecule has 1 aliphatic rings. The molecule has 4 rings (SSSR count). The molecule has 3 aromatic carbocycles. The minimum Gasteiger partial charge on any atom is -0.488 e. The summed E-state index contributed by atoms with van der Waals surface area (Å²) in [4.78, 5) is 26.4. The molecule has 0 saturated carbocycles. The van der Waals surface area contributed by atoms with Crippen molar-refractivity contribution in [1.82, 2.24) is 10.2 Å². The van der Waals surface area contributed by atoms with Gasteiger partial charge < -0.3 is 10.1 Å². The first-order valence-corrected chi connectivity index (χ1v) is 11.4. The predicted molar refractivity (Wildman–Crippen MR) is 133 cm³/mol. The number of carbonyl (C=O) groups is 2. The number of halogens is 2. The second-order valence-electron chi connectivity index (χ2n) is 7.44. The number of rotatable bonds is 6. The highest BCUT2D eigenvalue weighted by molar-refractivity contribution is 14.1. The third-order valence-electron chi connectivity index (χ3n) is 4.99. The molecule has 0 unspecified atom stereocenters. The molecule has 0 aromatic heterocycles. The predicted octanol–water partition coefficient (Wildman–Crippen LogP) is 5.92. The SMILES string of the molecule is Cc1cccc(CN2C(=O)N/C(=C/c3ccc(OCc4ccccc4Cl)c(I)c3)C2=O)c1. The largest absolute Gasteiger partial charge is 0.488 e. The minimum absolute atomic E-state index is 0.232. The Kier molecular flexibility index (Phi) is 6.81. The lowest BCUT2D eigenvalue weighted by atomic mass is 10.1. The van der Waals surface area contributed by atoms with Gasteiger partial charge in [-0.05, 0) is 64.9 Å². The van der Waals surface area contributed by atoms with Crippen molar-refractivity contribution in [2.75, 3.05) is 0 Å². The van der Waals surface area contributed by atoms with E-state index in [2.05, 4.69) is 27.9 Å². The van der Waals surface area contributed by atoms with Crippen LogP contribution in [0.15, 0.2) is 72.4 Å². The summed E-state index contributed by atoms with van der Waals surface area (Å²) in [5.41, 5.74) is 3.94. The summed E-state index contributed by atoms with van der Waals surface area (Å²) >= 11 is 8.37. The molecule has 0 aliphatic carbocycles. The average molecular weight is 559 g/mol. The highest BCUT2D eigenvalue weighted by Crippen LogP contribution is 2.26. The summed E-state index contributed by atoms with van der Waals surface area (Å²) in [6.45, 7) is 2.57. The number of nitrogens with zero attached hydrogens (tertiary/aromatic N) is 1. The van der Waals surface area contributed by atoms with E-state index in [-0.39, 0.29) is 18.1 Å². The van der Waals surface area contributed by atoms with Gasteiger partial charge in [0.05, 0.1) is 10.1 Å². The van der Waals surface area contributed by atoms with Gasteiger partial charge in [-0.3, -0.25) is 9.69 Å². The fourth-order valence-corrected chi connectivity index (χ4v) is 4.26. The molecular weight excluding hydrogens is 539 g/mol. The molecule has 0 bridgehead atoms. The summed E-state index contributed by atoms with van der Waals surface area (Å²) in [6.07, 6.45) is 1.68. The maximum atomic E-state index is 12.8. The second kappa shape index (κ2) is 9.75. The van der Waals surface area contributed by atoms with Gasteiger partial charge >= 0.3 is 6.03 Å². The van der Waals surface area contributed by atoms with Crippen LogP contribution in [0.4, 0.5) is 4.79 Å². The first-order valence-electron chi connectivity index (χ1n) is 9.96. The van der Waals surface area contributed by atoms with E-state index < -0.39 is 6.03 Å². The molecule has 0 atom stereocenters. The highest BCUT2D eigenvalue weighted by Gasteiger charge is 2.33. The number of aryl methyl sites for hydroxylation is 1. The van der Waals surface area contributed by atoms with E-state index in [9.17, 15) is 9.59 Å². The maximum absolute atomic E-state index is 12.8. The molecule has 32 heavy (non-hydrogen) atoms. The molecule has 1 aliphatic heterocycles. The van der Waals surface area contributed by atoms with Gasteiger partial charge in [-0.1, -0.05) is 65.7 Å². The van der Waals surface area contributed by atoms with E-state index in [1.165, 1.54) is 4.90 Å². The maximum Gasteiger partial charge on any atom is 0.329 e. The standard InChI is InChI=1S/C25H20ClIN2O3/c1-16-5-4-6-18(11-16)14-29-24(30)22(28-25(29)31)13-17-9-10-23(21(27)12-17)32-15-19-7-2-3-8-20(19)26/h2-13H,14-15H2,1H3,(H,28,31)/b22-13+. The van der Waals surface area contributed by atoms with Crippen molar-refractivity contribution in [3.05, 3.63) is 103 Å². The van der Waals surface area contributed by atoms with Gasteiger partial charge in [0.15, 0.2) is 0 Å². The number of urea groups is 1. The van der Waals surface area contributed by atoms with Crippen molar-refractivity contribution < 1.29 is 14.3 Å². The van der Waals surface area contributed by atoms with Gasteiger partial charge in [0.1, 0.15) is 18.1 Å². The molecular formula is C25H20ClIN2O3. The van der Waals surface area contributed by atoms with Gasteiger partial charge in [0, 0.05) is 10.6 Å². The lowest BCUT2D eigenvalue weighted by Gasteiger charge is -2.12. The molecule has 1 saturated heterocycles. The smallest absolute Gasteiger partial charge is 0.329 e. The summed E-state index contributed by atoms with van der Waals surface area (Å²) in [6, 6.07) is 20.5. The summed E-state index contributed by atoms with van der Waals surface area (Å²) in [7, 11) is 0. The third kappa shape index (κ3) is 5.14. The zero-order valence-corrected chi connectivity index (χ0v) is 20.2. The fourth-order valence-electron chi connectivity index (χ4n) is 3.37. The van der Waals surface area contributed by atoms with E-state index in [1.807, 2.05) is 73.7 Å². The minimum atomic E-state index is -0.419. The lowest BCUT2D eigenvalue weighted by Crippen LogP contribution is -2.30. The number of benzene rings is 3. The van der Waals surface area contributed by atoms with Crippen LogP contribution in [0.3, 0.4) is 0 Å². The fraction of sp³-hybridized carbons (Fsp3) is 0.120. The van der Waals surface area contributed by atoms with Crippen LogP contribution in [0.5, 0.6) is 5.75 Å². The van der Waals surface area contributed by atoms with Crippen molar-refractivity contribution in [2.24, 2.45) is 0 Å². The molecule has 1 fully saturated rings. The van der Waals surface area contributed by atoms with Gasteiger partial charge in [0.2, 0.25) is 0 Å². The molecule has 3 amide bonds. The first kappa shape index (κ1) is 22.4. The Hall–Kier alpha value is -2.84. The van der Waals surface area contributed by atoms with E-state index in [0.29, 0.717) is 11.6 Å². The van der Waals surface area contributed by atoms with Gasteiger partial charge in [-0.15, -0.1) is 0 Å². The number of carbonyl (C=O) groups excluding carboxylic acids is 2. The molecule has 0 spiro atoms. The first-order chi connectivity index (χ1) is 15.4. The van der Waals surface area contributed by atoms with Crippen LogP contribution < -0.4 is 10.1 Å². The van der Waals surface area contributed by atoms with E-state index >= 15 is 0 Å². The van der Waals surface area contributed by atoms with Crippen LogP contribution in [0.2, 0.25) is 5.02 Å². The van der Waals surface area contributed by atoms with Crippen LogP contribution in [-0.4, -0.2) is 16.8 Å². The summed E-state index contributed by atoms with van der Waals surface area (Å²) in [5.74, 6) is 0.376. The summed E-state index contributed by atoms with van der Waals surface area (Å²) < 4.78 is 6.79. The van der Waals surface area contributed by atoms with Crippen molar-refractivity contribution in [3.8, 4) is 5.75 Å². The van der Waals surface area contributed by atoms with Crippen molar-refractivity contribution in [3.63, 3.8) is 0 Å². The zero-order valence-electron chi connectivity index (χ0n) is 17.3. The number of amides is 3. The second-order valence-corrected chi connectivity index (χ2v) is 9.01. The molecule has 1 heterocycles. The quantitative estimate of drug-likeness (QED) is 0.232. The van der Waals surface area contributed by atoms with Crippen LogP contribution in [0, 0.1) is 10.5 Å². The van der Waals surface area contributed by atoms with E-state index in [1.54, 1.807) is 6.08 Å². The number of nitrogens with one attached hydrogen (secondary N) is 1. The van der Waals surface area contributed by atoms with E-state index in [0.717, 1.165) is 31.6 Å². The van der Waals surface area contributed by atoms with Crippen molar-refractivity contribution >= 4 is 52.2 Å². The van der Waals surface area contributed by atoms with E-state index in [4.69, 9.17) is 16.3 Å². The number of hydrogen-bond donors (Lipinski definition) is 1. The Balaban J connectivity index is 1.46. The number of ether oxygens (including phenoxy) is 1. The molecule has 3 aromatic rings. The summed E-state index contributed by atoms with van der Waals surface area (Å²) in [5, 5.41) is 3.34. The Morgan fingerprint density at radius 3 is 2.62 bits per heavy atom. The van der Waals surface area contributed by atoms with Gasteiger partial charge in [-0.2, -0.15) is 0 Å². The highest BCUT2D eigenvalue weighted by atomic mass is 127. The average Bonchev–Trinajstić information content (AvgIpc) is 3.01. The number of hydrogen-bond acceptors (Lipinski definition) is 3. The monoisotopic (exact) mass is 558 g/mol. The molecule has 7 heteroatoms. The van der Waals surface area contributed by atoms with Crippen LogP contribution in [-0.2, 0) is 17.9 Å². The Bertz CT molecular complexity index is 1230. The van der Waals surface area contributed by atoms with Crippen LogP contribution >= 0.6 is 34.2 Å². The zero-order chi connectivity index (χ0) is 22.7. The number of imide groups is 1. The van der Waals surface area contributed by atoms with Crippen LogP contribution in [0.1, 0.15) is 22.3 Å². The van der Waals surface area contributed by atoms with Gasteiger partial charge in [-0.25, -0.2) is 4.79 Å². The lowest BCUT2D eigenvalue weighted by molar-refractivity contribution is -0.123. The third-order valence-corrected chi connectivity index (χ3v) is 6.21. The topological polar surface area (TPSA) is 58.6 Å². The normalized spacial score (nSPS) is 14.7. The Morgan fingerprint density at radius 1 is 1.06 bits per heavy atom. The Morgan fingerprint density at radius 2 is 1.88 bits per heavy atom. The molecule has 0 radical (unpaired) electrons. The van der Waals surface area contributed by atoms with Crippen molar-refractivity contribution in [2.45, 2.75) is 20.1 Å². The molecule has 5 nitrogen and oxygen atoms in total. The van der Waals surface area contributed by atoms with Gasteiger partial charge in [0.25, 0.3) is 5.91 Å². The molecule has 1 N–H and O–H groups in total. The van der Waals surface area contributed by atoms with Crippen molar-refractivity contribution in [1.29, 1.82) is 0 Å². The van der Waals surface area contributed by atoms with Crippen LogP contribution in [0.25, 0.3) is 6.08 Å².